The zero-order chi connectivity index (χ0) is 24.2. The van der Waals surface area contributed by atoms with Gasteiger partial charge in [-0.1, -0.05) is 30.3 Å². The predicted octanol–water partition coefficient (Wildman–Crippen LogP) is 4.48. The topological polar surface area (TPSA) is 95.6 Å². The van der Waals surface area contributed by atoms with E-state index >= 15 is 0 Å². The highest BCUT2D eigenvalue weighted by Crippen LogP contribution is 2.26. The van der Waals surface area contributed by atoms with Gasteiger partial charge in [-0.25, -0.2) is 8.42 Å². The number of carbonyl (C=O) groups is 2. The summed E-state index contributed by atoms with van der Waals surface area (Å²) in [6, 6.07) is 19.4. The molecular formula is C25H27N3O4S. The van der Waals surface area contributed by atoms with Gasteiger partial charge in [0, 0.05) is 23.9 Å². The van der Waals surface area contributed by atoms with Crippen LogP contribution in [0.25, 0.3) is 0 Å². The lowest BCUT2D eigenvalue weighted by atomic mass is 10.1. The van der Waals surface area contributed by atoms with Crippen LogP contribution in [0.4, 0.5) is 17.1 Å². The van der Waals surface area contributed by atoms with Crippen molar-refractivity contribution in [1.82, 2.24) is 0 Å². The first-order chi connectivity index (χ1) is 15.5. The smallest absolute Gasteiger partial charge is 0.255 e. The molecule has 0 aliphatic carbocycles. The Morgan fingerprint density at radius 2 is 1.52 bits per heavy atom. The Hall–Kier alpha value is -3.65. The average Bonchev–Trinajstić information content (AvgIpc) is 2.73. The molecule has 0 spiro atoms. The fraction of sp³-hybridized carbons (Fsp3) is 0.200. The number of hydrogen-bond donors (Lipinski definition) is 2. The maximum absolute atomic E-state index is 12.6. The van der Waals surface area contributed by atoms with E-state index in [0.29, 0.717) is 22.6 Å². The van der Waals surface area contributed by atoms with Crippen LogP contribution in [-0.2, 0) is 21.4 Å². The zero-order valence-electron chi connectivity index (χ0n) is 19.0. The summed E-state index contributed by atoms with van der Waals surface area (Å²) < 4.78 is 26.4. The van der Waals surface area contributed by atoms with Gasteiger partial charge in [0.1, 0.15) is 0 Å². The molecule has 0 heterocycles. The summed E-state index contributed by atoms with van der Waals surface area (Å²) in [5.41, 5.74) is 4.80. The quantitative estimate of drug-likeness (QED) is 0.538. The molecule has 0 saturated heterocycles. The number of carbonyl (C=O) groups excluding carboxylic acids is 2. The highest BCUT2D eigenvalue weighted by atomic mass is 32.2. The second-order valence-corrected chi connectivity index (χ2v) is 9.88. The molecule has 0 aliphatic heterocycles. The summed E-state index contributed by atoms with van der Waals surface area (Å²) in [5.74, 6) is -0.505. The molecule has 0 fully saturated rings. The predicted molar refractivity (Wildman–Crippen MR) is 132 cm³/mol. The van der Waals surface area contributed by atoms with Gasteiger partial charge in [0.05, 0.1) is 18.5 Å². The Balaban J connectivity index is 1.77. The normalized spacial score (nSPS) is 11.0. The third-order valence-electron chi connectivity index (χ3n) is 5.02. The lowest BCUT2D eigenvalue weighted by Crippen LogP contribution is -2.30. The number of rotatable bonds is 7. The first-order valence-corrected chi connectivity index (χ1v) is 12.2. The fourth-order valence-electron chi connectivity index (χ4n) is 3.38. The van der Waals surface area contributed by atoms with Gasteiger partial charge in [0.15, 0.2) is 0 Å². The number of benzene rings is 3. The lowest BCUT2D eigenvalue weighted by molar-refractivity contribution is -0.114. The fourth-order valence-corrected chi connectivity index (χ4v) is 4.32. The van der Waals surface area contributed by atoms with Crippen LogP contribution in [0, 0.1) is 13.8 Å². The number of hydrogen-bond acceptors (Lipinski definition) is 4. The van der Waals surface area contributed by atoms with Crippen LogP contribution in [0.15, 0.2) is 66.7 Å². The van der Waals surface area contributed by atoms with E-state index in [4.69, 9.17) is 0 Å². The van der Waals surface area contributed by atoms with Crippen LogP contribution in [0.3, 0.4) is 0 Å². The first-order valence-electron chi connectivity index (χ1n) is 10.4. The summed E-state index contributed by atoms with van der Waals surface area (Å²) in [4.78, 5) is 23.9. The summed E-state index contributed by atoms with van der Waals surface area (Å²) in [6.45, 7) is 5.37. The Kier molecular flexibility index (Phi) is 7.18. The number of aryl methyl sites for hydroxylation is 2. The van der Waals surface area contributed by atoms with Gasteiger partial charge in [-0.2, -0.15) is 0 Å². The number of nitrogens with zero attached hydrogens (tertiary/aromatic N) is 1. The largest absolute Gasteiger partial charge is 0.326 e. The number of amides is 2. The molecule has 2 N–H and O–H groups in total. The lowest BCUT2D eigenvalue weighted by Gasteiger charge is -2.25. The van der Waals surface area contributed by atoms with Gasteiger partial charge < -0.3 is 10.6 Å². The Morgan fingerprint density at radius 1 is 0.879 bits per heavy atom. The third kappa shape index (κ3) is 6.43. The van der Waals surface area contributed by atoms with E-state index in [1.807, 2.05) is 32.0 Å². The van der Waals surface area contributed by atoms with Crippen LogP contribution in [0.2, 0.25) is 0 Å². The highest BCUT2D eigenvalue weighted by Gasteiger charge is 2.20. The molecule has 0 radical (unpaired) electrons. The van der Waals surface area contributed by atoms with Crippen molar-refractivity contribution in [1.29, 1.82) is 0 Å². The second kappa shape index (κ2) is 9.87. The second-order valence-electron chi connectivity index (χ2n) is 7.97. The molecule has 7 nitrogen and oxygen atoms in total. The standard InChI is InChI=1S/C25H27N3O4S/c1-17-8-9-18(2)24(14-17)28(33(4,31)32)16-20-10-12-21(13-11-20)25(30)27-23-7-5-6-22(15-23)26-19(3)29/h5-15H,16H2,1-4H3,(H,26,29)(H,27,30). The van der Waals surface area contributed by atoms with Crippen molar-refractivity contribution in [2.75, 3.05) is 21.2 Å². The van der Waals surface area contributed by atoms with Crippen molar-refractivity contribution in [3.05, 3.63) is 89.0 Å². The summed E-state index contributed by atoms with van der Waals surface area (Å²) >= 11 is 0. The number of nitrogens with one attached hydrogen (secondary N) is 2. The van der Waals surface area contributed by atoms with Crippen LogP contribution in [0.5, 0.6) is 0 Å². The van der Waals surface area contributed by atoms with E-state index in [9.17, 15) is 18.0 Å². The van der Waals surface area contributed by atoms with Crippen molar-refractivity contribution in [3.63, 3.8) is 0 Å². The summed E-state index contributed by atoms with van der Waals surface area (Å²) in [5, 5.41) is 5.47. The van der Waals surface area contributed by atoms with E-state index in [-0.39, 0.29) is 18.4 Å². The molecule has 0 unspecified atom stereocenters. The number of anilines is 3. The first kappa shape index (κ1) is 24.0. The minimum Gasteiger partial charge on any atom is -0.326 e. The SMILES string of the molecule is CC(=O)Nc1cccc(NC(=O)c2ccc(CN(c3cc(C)ccc3C)S(C)(=O)=O)cc2)c1. The minimum absolute atomic E-state index is 0.157. The van der Waals surface area contributed by atoms with Crippen LogP contribution in [0.1, 0.15) is 34.0 Å². The maximum Gasteiger partial charge on any atom is 0.255 e. The van der Waals surface area contributed by atoms with E-state index in [0.717, 1.165) is 16.7 Å². The van der Waals surface area contributed by atoms with Gasteiger partial charge in [-0.3, -0.25) is 13.9 Å². The molecule has 2 amide bonds. The number of sulfonamides is 1. The molecule has 8 heteroatoms. The molecule has 3 aromatic carbocycles. The summed E-state index contributed by atoms with van der Waals surface area (Å²) in [7, 11) is -3.51. The van der Waals surface area contributed by atoms with Gasteiger partial charge >= 0.3 is 0 Å². The molecule has 3 aromatic rings. The van der Waals surface area contributed by atoms with E-state index < -0.39 is 10.0 Å². The van der Waals surface area contributed by atoms with Gasteiger partial charge in [0.25, 0.3) is 5.91 Å². The average molecular weight is 466 g/mol. The molecule has 33 heavy (non-hydrogen) atoms. The zero-order valence-corrected chi connectivity index (χ0v) is 19.9. The van der Waals surface area contributed by atoms with Crippen molar-refractivity contribution < 1.29 is 18.0 Å². The Morgan fingerprint density at radius 3 is 2.12 bits per heavy atom. The van der Waals surface area contributed by atoms with Crippen molar-refractivity contribution in [3.8, 4) is 0 Å². The molecule has 172 valence electrons. The van der Waals surface area contributed by atoms with Crippen molar-refractivity contribution in [2.24, 2.45) is 0 Å². The van der Waals surface area contributed by atoms with Crippen molar-refractivity contribution >= 4 is 38.9 Å². The summed E-state index contributed by atoms with van der Waals surface area (Å²) in [6.07, 6.45) is 1.19. The van der Waals surface area contributed by atoms with Gasteiger partial charge in [0.2, 0.25) is 15.9 Å². The molecule has 0 aliphatic rings. The Labute approximate surface area is 194 Å². The van der Waals surface area contributed by atoms with E-state index in [1.165, 1.54) is 17.5 Å². The van der Waals surface area contributed by atoms with E-state index in [2.05, 4.69) is 10.6 Å². The molecule has 0 aromatic heterocycles. The minimum atomic E-state index is -3.51. The molecule has 3 rings (SSSR count). The van der Waals surface area contributed by atoms with Gasteiger partial charge in [-0.15, -0.1) is 0 Å². The van der Waals surface area contributed by atoms with Crippen LogP contribution >= 0.6 is 0 Å². The van der Waals surface area contributed by atoms with Crippen LogP contribution in [-0.4, -0.2) is 26.5 Å². The van der Waals surface area contributed by atoms with Crippen molar-refractivity contribution in [2.45, 2.75) is 27.3 Å². The highest BCUT2D eigenvalue weighted by molar-refractivity contribution is 7.92. The molecule has 0 saturated carbocycles. The van der Waals surface area contributed by atoms with Crippen LogP contribution < -0.4 is 14.9 Å². The van der Waals surface area contributed by atoms with E-state index in [1.54, 1.807) is 48.5 Å². The third-order valence-corrected chi connectivity index (χ3v) is 6.14. The monoisotopic (exact) mass is 465 g/mol. The van der Waals surface area contributed by atoms with Gasteiger partial charge in [-0.05, 0) is 66.9 Å². The molecule has 0 atom stereocenters. The Bertz CT molecular complexity index is 1290. The molecule has 0 bridgehead atoms. The molecular weight excluding hydrogens is 438 g/mol. The maximum atomic E-state index is 12.6.